The summed E-state index contributed by atoms with van der Waals surface area (Å²) in [5, 5.41) is 3.44. The molecule has 0 spiro atoms. The Hall–Kier alpha value is -0.610. The third-order valence-corrected chi connectivity index (χ3v) is 4.66. The van der Waals surface area contributed by atoms with Crippen LogP contribution >= 0.6 is 0 Å². The molecule has 0 aliphatic carbocycles. The molecule has 2 fully saturated rings. The smallest absolute Gasteiger partial charge is 0.236 e. The summed E-state index contributed by atoms with van der Waals surface area (Å²) in [6.07, 6.45) is 6.07. The van der Waals surface area contributed by atoms with Crippen molar-refractivity contribution < 1.29 is 4.79 Å². The maximum atomic E-state index is 12.5. The van der Waals surface area contributed by atoms with E-state index in [2.05, 4.69) is 29.0 Å². The normalized spacial score (nSPS) is 28.7. The maximum absolute atomic E-state index is 12.5. The van der Waals surface area contributed by atoms with E-state index in [4.69, 9.17) is 0 Å². The molecule has 0 aromatic heterocycles. The Kier molecular flexibility index (Phi) is 5.64. The Bertz CT molecular complexity index is 289. The molecule has 2 heterocycles. The highest BCUT2D eigenvalue weighted by atomic mass is 16.2. The van der Waals surface area contributed by atoms with Crippen LogP contribution in [0.4, 0.5) is 0 Å². The third-order valence-electron chi connectivity index (χ3n) is 4.66. The zero-order chi connectivity index (χ0) is 13.7. The first-order valence-electron chi connectivity index (χ1n) is 7.96. The van der Waals surface area contributed by atoms with Crippen molar-refractivity contribution in [3.63, 3.8) is 0 Å². The van der Waals surface area contributed by atoms with E-state index in [-0.39, 0.29) is 0 Å². The summed E-state index contributed by atoms with van der Waals surface area (Å²) >= 11 is 0. The van der Waals surface area contributed by atoms with Gasteiger partial charge in [-0.2, -0.15) is 0 Å². The summed E-state index contributed by atoms with van der Waals surface area (Å²) in [6.45, 7) is 9.06. The Morgan fingerprint density at radius 1 is 1.32 bits per heavy atom. The van der Waals surface area contributed by atoms with Gasteiger partial charge in [-0.05, 0) is 52.1 Å². The predicted octanol–water partition coefficient (Wildman–Crippen LogP) is 1.46. The molecule has 19 heavy (non-hydrogen) atoms. The monoisotopic (exact) mass is 267 g/mol. The van der Waals surface area contributed by atoms with Crippen LogP contribution in [0.1, 0.15) is 46.0 Å². The SMILES string of the molecule is CCN(CC(=O)N1CCCCC1C)C1CCCNC1. The minimum Gasteiger partial charge on any atom is -0.339 e. The first-order valence-corrected chi connectivity index (χ1v) is 7.96. The van der Waals surface area contributed by atoms with E-state index in [0.29, 0.717) is 24.5 Å². The molecule has 0 aromatic rings. The van der Waals surface area contributed by atoms with E-state index in [9.17, 15) is 4.79 Å². The summed E-state index contributed by atoms with van der Waals surface area (Å²) in [6, 6.07) is 0.979. The van der Waals surface area contributed by atoms with Gasteiger partial charge in [-0.15, -0.1) is 0 Å². The van der Waals surface area contributed by atoms with Gasteiger partial charge in [0.1, 0.15) is 0 Å². The van der Waals surface area contributed by atoms with Gasteiger partial charge in [0.2, 0.25) is 5.91 Å². The van der Waals surface area contributed by atoms with E-state index in [1.54, 1.807) is 0 Å². The van der Waals surface area contributed by atoms with Crippen LogP contribution in [-0.2, 0) is 4.79 Å². The van der Waals surface area contributed by atoms with Crippen molar-refractivity contribution in [3.05, 3.63) is 0 Å². The standard InChI is InChI=1S/C15H29N3O/c1-3-17(14-8-6-9-16-11-14)12-15(19)18-10-5-4-7-13(18)2/h13-14,16H,3-12H2,1-2H3. The second-order valence-electron chi connectivity index (χ2n) is 6.00. The Labute approximate surface area is 117 Å². The molecule has 4 heteroatoms. The van der Waals surface area contributed by atoms with E-state index in [1.807, 2.05) is 0 Å². The van der Waals surface area contributed by atoms with Gasteiger partial charge in [0, 0.05) is 25.2 Å². The van der Waals surface area contributed by atoms with Crippen LogP contribution in [0.2, 0.25) is 0 Å². The van der Waals surface area contributed by atoms with Crippen LogP contribution in [0.25, 0.3) is 0 Å². The minimum absolute atomic E-state index is 0.333. The largest absolute Gasteiger partial charge is 0.339 e. The summed E-state index contributed by atoms with van der Waals surface area (Å²) < 4.78 is 0. The fraction of sp³-hybridized carbons (Fsp3) is 0.933. The number of nitrogens with one attached hydrogen (secondary N) is 1. The van der Waals surface area contributed by atoms with Crippen molar-refractivity contribution in [3.8, 4) is 0 Å². The number of nitrogens with zero attached hydrogens (tertiary/aromatic N) is 2. The minimum atomic E-state index is 0.333. The van der Waals surface area contributed by atoms with Crippen molar-refractivity contribution in [2.24, 2.45) is 0 Å². The number of carbonyl (C=O) groups is 1. The van der Waals surface area contributed by atoms with Crippen LogP contribution < -0.4 is 5.32 Å². The number of hydrogen-bond donors (Lipinski definition) is 1. The van der Waals surface area contributed by atoms with Crippen LogP contribution in [0.5, 0.6) is 0 Å². The molecule has 2 unspecified atom stereocenters. The highest BCUT2D eigenvalue weighted by Gasteiger charge is 2.27. The average molecular weight is 267 g/mol. The molecule has 0 bridgehead atoms. The van der Waals surface area contributed by atoms with Crippen LogP contribution in [0, 0.1) is 0 Å². The zero-order valence-electron chi connectivity index (χ0n) is 12.5. The maximum Gasteiger partial charge on any atom is 0.236 e. The Morgan fingerprint density at radius 2 is 2.16 bits per heavy atom. The van der Waals surface area contributed by atoms with Crippen molar-refractivity contribution >= 4 is 5.91 Å². The fourth-order valence-electron chi connectivity index (χ4n) is 3.38. The molecule has 0 aromatic carbocycles. The molecule has 2 rings (SSSR count). The van der Waals surface area contributed by atoms with Crippen molar-refractivity contribution in [1.82, 2.24) is 15.1 Å². The Morgan fingerprint density at radius 3 is 2.79 bits per heavy atom. The van der Waals surface area contributed by atoms with Crippen molar-refractivity contribution in [2.75, 3.05) is 32.7 Å². The third kappa shape index (κ3) is 3.93. The lowest BCUT2D eigenvalue weighted by atomic mass is 10.0. The van der Waals surface area contributed by atoms with Gasteiger partial charge >= 0.3 is 0 Å². The summed E-state index contributed by atoms with van der Waals surface area (Å²) in [7, 11) is 0. The molecule has 2 saturated heterocycles. The predicted molar refractivity (Wildman–Crippen MR) is 78.2 cm³/mol. The van der Waals surface area contributed by atoms with E-state index in [0.717, 1.165) is 26.2 Å². The number of amides is 1. The number of likely N-dealkylation sites (tertiary alicyclic amines) is 1. The van der Waals surface area contributed by atoms with Gasteiger partial charge < -0.3 is 10.2 Å². The first kappa shape index (κ1) is 14.8. The van der Waals surface area contributed by atoms with Crippen molar-refractivity contribution in [1.29, 1.82) is 0 Å². The van der Waals surface area contributed by atoms with E-state index < -0.39 is 0 Å². The molecule has 2 aliphatic rings. The summed E-state index contributed by atoms with van der Waals surface area (Å²) in [5.41, 5.74) is 0. The quantitative estimate of drug-likeness (QED) is 0.837. The summed E-state index contributed by atoms with van der Waals surface area (Å²) in [4.78, 5) is 16.9. The number of carbonyl (C=O) groups excluding carboxylic acids is 1. The van der Waals surface area contributed by atoms with Crippen LogP contribution in [-0.4, -0.2) is 60.5 Å². The molecule has 1 N–H and O–H groups in total. The van der Waals surface area contributed by atoms with Gasteiger partial charge in [-0.1, -0.05) is 6.92 Å². The number of likely N-dealkylation sites (N-methyl/N-ethyl adjacent to an activating group) is 1. The molecule has 2 atom stereocenters. The molecular formula is C15H29N3O. The first-order chi connectivity index (χ1) is 9.22. The Balaban J connectivity index is 1.87. The van der Waals surface area contributed by atoms with Gasteiger partial charge in [0.05, 0.1) is 6.54 Å². The molecule has 0 saturated carbocycles. The topological polar surface area (TPSA) is 35.6 Å². The second-order valence-corrected chi connectivity index (χ2v) is 6.00. The number of hydrogen-bond acceptors (Lipinski definition) is 3. The summed E-state index contributed by atoms with van der Waals surface area (Å²) in [5.74, 6) is 0.333. The van der Waals surface area contributed by atoms with Gasteiger partial charge in [-0.3, -0.25) is 9.69 Å². The zero-order valence-corrected chi connectivity index (χ0v) is 12.5. The number of rotatable bonds is 4. The van der Waals surface area contributed by atoms with Crippen LogP contribution in [0.3, 0.4) is 0 Å². The molecule has 2 aliphatic heterocycles. The van der Waals surface area contributed by atoms with Gasteiger partial charge in [0.25, 0.3) is 0 Å². The molecular weight excluding hydrogens is 238 g/mol. The lowest BCUT2D eigenvalue weighted by Gasteiger charge is -2.38. The lowest BCUT2D eigenvalue weighted by molar-refractivity contribution is -0.136. The van der Waals surface area contributed by atoms with E-state index in [1.165, 1.54) is 32.1 Å². The highest BCUT2D eigenvalue weighted by molar-refractivity contribution is 5.78. The molecule has 4 nitrogen and oxygen atoms in total. The van der Waals surface area contributed by atoms with Gasteiger partial charge in [-0.25, -0.2) is 0 Å². The fourth-order valence-corrected chi connectivity index (χ4v) is 3.38. The lowest BCUT2D eigenvalue weighted by Crippen LogP contribution is -2.52. The molecule has 0 radical (unpaired) electrons. The molecule has 110 valence electrons. The van der Waals surface area contributed by atoms with Crippen LogP contribution in [0.15, 0.2) is 0 Å². The van der Waals surface area contributed by atoms with Gasteiger partial charge in [0.15, 0.2) is 0 Å². The highest BCUT2D eigenvalue weighted by Crippen LogP contribution is 2.17. The molecule has 1 amide bonds. The van der Waals surface area contributed by atoms with Crippen molar-refractivity contribution in [2.45, 2.75) is 58.0 Å². The average Bonchev–Trinajstić information content (AvgIpc) is 2.46. The van der Waals surface area contributed by atoms with E-state index >= 15 is 0 Å². The number of piperidine rings is 2. The second kappa shape index (κ2) is 7.25.